The van der Waals surface area contributed by atoms with Gasteiger partial charge < -0.3 is 4.74 Å². The predicted octanol–water partition coefficient (Wildman–Crippen LogP) is 4.25. The number of ether oxygens (including phenoxy) is 1. The number of aryl methyl sites for hydroxylation is 1. The summed E-state index contributed by atoms with van der Waals surface area (Å²) in [5, 5.41) is 0.778. The molecule has 2 heteroatoms. The lowest BCUT2D eigenvalue weighted by Crippen LogP contribution is -1.90. The average Bonchev–Trinajstić information content (AvgIpc) is 2.77. The molecule has 0 bridgehead atoms. The van der Waals surface area contributed by atoms with Gasteiger partial charge >= 0.3 is 0 Å². The maximum absolute atomic E-state index is 5.99. The summed E-state index contributed by atoms with van der Waals surface area (Å²) in [6.07, 6.45) is 1.01. The molecule has 0 fully saturated rings. The molecule has 0 saturated carbocycles. The second-order valence-corrected chi connectivity index (χ2v) is 4.79. The van der Waals surface area contributed by atoms with Crippen LogP contribution in [0.3, 0.4) is 0 Å². The summed E-state index contributed by atoms with van der Waals surface area (Å²) in [5.74, 6) is 1.04. The fourth-order valence-corrected chi connectivity index (χ4v) is 2.58. The molecule has 0 amide bonds. The number of fused-ring (bicyclic) bond motifs is 1. The largest absolute Gasteiger partial charge is 0.492 e. The van der Waals surface area contributed by atoms with Crippen LogP contribution in [0.1, 0.15) is 11.1 Å². The van der Waals surface area contributed by atoms with E-state index in [1.807, 2.05) is 12.1 Å². The van der Waals surface area contributed by atoms with E-state index in [1.54, 1.807) is 0 Å². The minimum absolute atomic E-state index is 0.778. The Morgan fingerprint density at radius 2 is 2.00 bits per heavy atom. The van der Waals surface area contributed by atoms with Crippen LogP contribution in [-0.4, -0.2) is 6.61 Å². The molecule has 0 atom stereocenters. The summed E-state index contributed by atoms with van der Waals surface area (Å²) in [6.45, 7) is 2.87. The van der Waals surface area contributed by atoms with Crippen LogP contribution in [0.4, 0.5) is 0 Å². The zero-order chi connectivity index (χ0) is 11.8. The molecule has 86 valence electrons. The molecular weight excluding hydrogens is 232 g/mol. The van der Waals surface area contributed by atoms with Crippen molar-refractivity contribution < 1.29 is 4.74 Å². The predicted molar refractivity (Wildman–Crippen MR) is 70.8 cm³/mol. The van der Waals surface area contributed by atoms with E-state index in [0.29, 0.717) is 0 Å². The summed E-state index contributed by atoms with van der Waals surface area (Å²) >= 11 is 5.99. The highest BCUT2D eigenvalue weighted by Gasteiger charge is 2.17. The van der Waals surface area contributed by atoms with Gasteiger partial charge in [-0.1, -0.05) is 35.9 Å². The maximum Gasteiger partial charge on any atom is 0.130 e. The van der Waals surface area contributed by atoms with Gasteiger partial charge in [0.2, 0.25) is 0 Å². The number of benzene rings is 2. The van der Waals surface area contributed by atoms with E-state index in [0.717, 1.165) is 23.8 Å². The fraction of sp³-hybridized carbons (Fsp3) is 0.200. The molecule has 1 aliphatic heterocycles. The van der Waals surface area contributed by atoms with Crippen molar-refractivity contribution in [2.45, 2.75) is 13.3 Å². The van der Waals surface area contributed by atoms with Gasteiger partial charge in [-0.2, -0.15) is 0 Å². The lowest BCUT2D eigenvalue weighted by Gasteiger charge is -2.11. The number of halogens is 1. The molecule has 0 aromatic heterocycles. The van der Waals surface area contributed by atoms with Crippen LogP contribution in [0.25, 0.3) is 11.1 Å². The Hall–Kier alpha value is -1.47. The van der Waals surface area contributed by atoms with Gasteiger partial charge in [-0.15, -0.1) is 0 Å². The SMILES string of the molecule is Cc1cc(Cl)ccc1-c1cccc2c1OCC2. The summed E-state index contributed by atoms with van der Waals surface area (Å²) in [5.41, 5.74) is 4.86. The molecule has 2 aromatic rings. The molecule has 3 rings (SSSR count). The van der Waals surface area contributed by atoms with Crippen molar-refractivity contribution in [3.8, 4) is 16.9 Å². The molecule has 0 aliphatic carbocycles. The highest BCUT2D eigenvalue weighted by molar-refractivity contribution is 6.30. The lowest BCUT2D eigenvalue weighted by molar-refractivity contribution is 0.358. The Morgan fingerprint density at radius 3 is 2.82 bits per heavy atom. The second kappa shape index (κ2) is 4.08. The Balaban J connectivity index is 2.19. The van der Waals surface area contributed by atoms with E-state index >= 15 is 0 Å². The fourth-order valence-electron chi connectivity index (χ4n) is 2.36. The number of hydrogen-bond acceptors (Lipinski definition) is 1. The van der Waals surface area contributed by atoms with Gasteiger partial charge in [-0.05, 0) is 35.7 Å². The molecule has 0 spiro atoms. The minimum atomic E-state index is 0.778. The molecule has 2 aromatic carbocycles. The van der Waals surface area contributed by atoms with Crippen molar-refractivity contribution in [1.82, 2.24) is 0 Å². The molecule has 0 unspecified atom stereocenters. The van der Waals surface area contributed by atoms with Crippen LogP contribution in [-0.2, 0) is 6.42 Å². The molecule has 1 heterocycles. The molecule has 0 saturated heterocycles. The first-order valence-electron chi connectivity index (χ1n) is 5.77. The Kier molecular flexibility index (Phi) is 2.56. The van der Waals surface area contributed by atoms with E-state index < -0.39 is 0 Å². The van der Waals surface area contributed by atoms with Crippen LogP contribution in [0, 0.1) is 6.92 Å². The van der Waals surface area contributed by atoms with E-state index in [4.69, 9.17) is 16.3 Å². The van der Waals surface area contributed by atoms with E-state index in [-0.39, 0.29) is 0 Å². The van der Waals surface area contributed by atoms with Crippen molar-refractivity contribution in [2.24, 2.45) is 0 Å². The Bertz CT molecular complexity index is 575. The smallest absolute Gasteiger partial charge is 0.130 e. The van der Waals surface area contributed by atoms with Crippen LogP contribution in [0.15, 0.2) is 36.4 Å². The molecule has 1 nitrogen and oxygen atoms in total. The van der Waals surface area contributed by atoms with Crippen LogP contribution >= 0.6 is 11.6 Å². The lowest BCUT2D eigenvalue weighted by atomic mass is 9.97. The monoisotopic (exact) mass is 244 g/mol. The van der Waals surface area contributed by atoms with Crippen molar-refractivity contribution in [1.29, 1.82) is 0 Å². The van der Waals surface area contributed by atoms with Crippen molar-refractivity contribution in [3.63, 3.8) is 0 Å². The van der Waals surface area contributed by atoms with Gasteiger partial charge in [-0.3, -0.25) is 0 Å². The summed E-state index contributed by atoms with van der Waals surface area (Å²) < 4.78 is 5.74. The first kappa shape index (κ1) is 10.7. The first-order chi connectivity index (χ1) is 8.25. The molecule has 17 heavy (non-hydrogen) atoms. The highest BCUT2D eigenvalue weighted by Crippen LogP contribution is 2.38. The molecule has 1 aliphatic rings. The van der Waals surface area contributed by atoms with Gasteiger partial charge in [0, 0.05) is 17.0 Å². The third-order valence-electron chi connectivity index (χ3n) is 3.19. The minimum Gasteiger partial charge on any atom is -0.492 e. The Morgan fingerprint density at radius 1 is 1.12 bits per heavy atom. The topological polar surface area (TPSA) is 9.23 Å². The van der Waals surface area contributed by atoms with Gasteiger partial charge in [0.1, 0.15) is 5.75 Å². The zero-order valence-corrected chi connectivity index (χ0v) is 10.4. The van der Waals surface area contributed by atoms with Gasteiger partial charge in [0.25, 0.3) is 0 Å². The molecule has 0 radical (unpaired) electrons. The van der Waals surface area contributed by atoms with Crippen LogP contribution in [0.2, 0.25) is 5.02 Å². The molecular formula is C15H13ClO. The van der Waals surface area contributed by atoms with E-state index in [9.17, 15) is 0 Å². The normalized spacial score (nSPS) is 13.3. The van der Waals surface area contributed by atoms with Gasteiger partial charge in [0.05, 0.1) is 6.61 Å². The van der Waals surface area contributed by atoms with E-state index in [2.05, 4.69) is 31.2 Å². The second-order valence-electron chi connectivity index (χ2n) is 4.35. The summed E-state index contributed by atoms with van der Waals surface area (Å²) in [7, 11) is 0. The van der Waals surface area contributed by atoms with Gasteiger partial charge in [0.15, 0.2) is 0 Å². The number of para-hydroxylation sites is 1. The summed E-state index contributed by atoms with van der Waals surface area (Å²) in [6, 6.07) is 12.3. The first-order valence-corrected chi connectivity index (χ1v) is 6.15. The maximum atomic E-state index is 5.99. The van der Waals surface area contributed by atoms with Crippen LogP contribution < -0.4 is 4.74 Å². The quantitative estimate of drug-likeness (QED) is 0.729. The zero-order valence-electron chi connectivity index (χ0n) is 9.66. The van der Waals surface area contributed by atoms with Crippen LogP contribution in [0.5, 0.6) is 5.75 Å². The third-order valence-corrected chi connectivity index (χ3v) is 3.43. The number of rotatable bonds is 1. The van der Waals surface area contributed by atoms with E-state index in [1.165, 1.54) is 22.3 Å². The standard InChI is InChI=1S/C15H13ClO/c1-10-9-12(16)5-6-13(10)14-4-2-3-11-7-8-17-15(11)14/h2-6,9H,7-8H2,1H3. The average molecular weight is 245 g/mol. The third kappa shape index (κ3) is 1.81. The van der Waals surface area contributed by atoms with Crippen molar-refractivity contribution in [2.75, 3.05) is 6.61 Å². The number of hydrogen-bond donors (Lipinski definition) is 0. The van der Waals surface area contributed by atoms with Crippen molar-refractivity contribution in [3.05, 3.63) is 52.5 Å². The Labute approximate surface area is 106 Å². The van der Waals surface area contributed by atoms with Crippen molar-refractivity contribution >= 4 is 11.6 Å². The summed E-state index contributed by atoms with van der Waals surface area (Å²) in [4.78, 5) is 0. The molecule has 0 N–H and O–H groups in total. The van der Waals surface area contributed by atoms with Gasteiger partial charge in [-0.25, -0.2) is 0 Å². The highest BCUT2D eigenvalue weighted by atomic mass is 35.5.